The lowest BCUT2D eigenvalue weighted by Gasteiger charge is -2.22. The van der Waals surface area contributed by atoms with Gasteiger partial charge in [0, 0.05) is 12.5 Å². The smallest absolute Gasteiger partial charge is 0.339 e. The largest absolute Gasteiger partial charge is 0.496 e. The van der Waals surface area contributed by atoms with Gasteiger partial charge < -0.3 is 30.4 Å². The van der Waals surface area contributed by atoms with Crippen LogP contribution >= 0.6 is 0 Å². The summed E-state index contributed by atoms with van der Waals surface area (Å²) in [4.78, 5) is 34.5. The lowest BCUT2D eigenvalue weighted by atomic mass is 10.0. The number of aliphatic carboxylic acids is 1. The number of rotatable bonds is 9. The minimum absolute atomic E-state index is 0.139. The zero-order chi connectivity index (χ0) is 19.1. The summed E-state index contributed by atoms with van der Waals surface area (Å²) in [5.74, 6) is -1.51. The molecule has 0 aromatic carbocycles. The van der Waals surface area contributed by atoms with E-state index in [4.69, 9.17) is 20.0 Å². The van der Waals surface area contributed by atoms with Crippen molar-refractivity contribution in [1.82, 2.24) is 5.32 Å². The molecule has 9 heteroatoms. The number of amides is 1. The number of nitrogens with two attached hydrogens (primary N) is 1. The fraction of sp³-hybridized carbons (Fsp3) is 0.562. The standard InChI is InChI=1S/C16H24N2O7/c1-8(2)4-11(13-5-9(24-3)6-14(20)25-13)18-15(21)12(19)7-10(17)16(22)23/h5-6,8,10-12,19H,4,7,17H2,1-3H3,(H,18,21)(H,22,23)/t10-,11-,12-/m0/s1. The van der Waals surface area contributed by atoms with Crippen LogP contribution in [0.5, 0.6) is 5.75 Å². The molecule has 0 bridgehead atoms. The van der Waals surface area contributed by atoms with Crippen LogP contribution in [0, 0.1) is 5.92 Å². The minimum Gasteiger partial charge on any atom is -0.496 e. The molecule has 0 unspecified atom stereocenters. The Bertz CT molecular complexity index is 656. The molecule has 9 nitrogen and oxygen atoms in total. The van der Waals surface area contributed by atoms with Crippen LogP contribution in [0.1, 0.15) is 38.5 Å². The molecule has 0 aliphatic carbocycles. The third kappa shape index (κ3) is 6.55. The molecule has 0 aliphatic rings. The average molecular weight is 356 g/mol. The maximum Gasteiger partial charge on any atom is 0.339 e. The molecule has 3 atom stereocenters. The summed E-state index contributed by atoms with van der Waals surface area (Å²) < 4.78 is 10.2. The van der Waals surface area contributed by atoms with Crippen molar-refractivity contribution in [1.29, 1.82) is 0 Å². The van der Waals surface area contributed by atoms with E-state index in [-0.39, 0.29) is 17.4 Å². The third-order valence-electron chi connectivity index (χ3n) is 3.46. The number of carboxylic acids is 1. The van der Waals surface area contributed by atoms with E-state index < -0.39 is 42.1 Å². The Morgan fingerprint density at radius 2 is 1.96 bits per heavy atom. The van der Waals surface area contributed by atoms with Crippen molar-refractivity contribution in [3.05, 3.63) is 28.3 Å². The zero-order valence-corrected chi connectivity index (χ0v) is 14.4. The van der Waals surface area contributed by atoms with Gasteiger partial charge in [0.05, 0.1) is 19.2 Å². The van der Waals surface area contributed by atoms with Crippen molar-refractivity contribution in [2.24, 2.45) is 11.7 Å². The summed E-state index contributed by atoms with van der Waals surface area (Å²) in [6.07, 6.45) is -1.60. The molecule has 140 valence electrons. The van der Waals surface area contributed by atoms with Gasteiger partial charge in [-0.15, -0.1) is 0 Å². The van der Waals surface area contributed by atoms with Crippen molar-refractivity contribution >= 4 is 11.9 Å². The van der Waals surface area contributed by atoms with Crippen molar-refractivity contribution < 1.29 is 29.0 Å². The number of carbonyl (C=O) groups excluding carboxylic acids is 1. The molecule has 25 heavy (non-hydrogen) atoms. The minimum atomic E-state index is -1.60. The van der Waals surface area contributed by atoms with Crippen molar-refractivity contribution in [2.75, 3.05) is 7.11 Å². The first kappa shape index (κ1) is 20.7. The Labute approximate surface area is 144 Å². The molecule has 0 radical (unpaired) electrons. The highest BCUT2D eigenvalue weighted by Gasteiger charge is 2.26. The molecule has 0 aliphatic heterocycles. The van der Waals surface area contributed by atoms with E-state index in [9.17, 15) is 19.5 Å². The zero-order valence-electron chi connectivity index (χ0n) is 14.4. The number of ether oxygens (including phenoxy) is 1. The lowest BCUT2D eigenvalue weighted by Crippen LogP contribution is -2.43. The van der Waals surface area contributed by atoms with Gasteiger partial charge in [-0.05, 0) is 12.3 Å². The summed E-state index contributed by atoms with van der Waals surface area (Å²) in [5, 5.41) is 21.2. The summed E-state index contributed by atoms with van der Waals surface area (Å²) in [5.41, 5.74) is 4.69. The Kier molecular flexibility index (Phi) is 7.59. The molecular weight excluding hydrogens is 332 g/mol. The summed E-state index contributed by atoms with van der Waals surface area (Å²) in [6, 6.07) is 0.591. The van der Waals surface area contributed by atoms with Crippen molar-refractivity contribution in [2.45, 2.75) is 44.9 Å². The van der Waals surface area contributed by atoms with Gasteiger partial charge in [0.25, 0.3) is 0 Å². The van der Waals surface area contributed by atoms with Gasteiger partial charge in [0.15, 0.2) is 0 Å². The topological polar surface area (TPSA) is 152 Å². The van der Waals surface area contributed by atoms with Crippen LogP contribution in [-0.2, 0) is 9.59 Å². The predicted octanol–water partition coefficient (Wildman–Crippen LogP) is 0.0147. The molecule has 0 saturated carbocycles. The van der Waals surface area contributed by atoms with Gasteiger partial charge in [-0.25, -0.2) is 4.79 Å². The van der Waals surface area contributed by atoms with E-state index in [1.807, 2.05) is 13.8 Å². The first-order valence-corrected chi connectivity index (χ1v) is 7.80. The normalized spacial score (nSPS) is 14.6. The fourth-order valence-corrected chi connectivity index (χ4v) is 2.20. The second-order valence-corrected chi connectivity index (χ2v) is 6.11. The Morgan fingerprint density at radius 3 is 2.48 bits per heavy atom. The SMILES string of the molecule is COc1cc([C@H](CC(C)C)NC(=O)[C@@H](O)C[C@H](N)C(=O)O)oc(=O)c1. The van der Waals surface area contributed by atoms with E-state index in [1.165, 1.54) is 19.2 Å². The van der Waals surface area contributed by atoms with Crippen LogP contribution in [0.4, 0.5) is 0 Å². The maximum atomic E-state index is 12.1. The van der Waals surface area contributed by atoms with Crippen LogP contribution in [0.2, 0.25) is 0 Å². The predicted molar refractivity (Wildman–Crippen MR) is 88.1 cm³/mol. The van der Waals surface area contributed by atoms with Crippen LogP contribution in [0.15, 0.2) is 21.3 Å². The summed E-state index contributed by atoms with van der Waals surface area (Å²) >= 11 is 0. The molecule has 1 heterocycles. The van der Waals surface area contributed by atoms with E-state index in [1.54, 1.807) is 0 Å². The Morgan fingerprint density at radius 1 is 1.32 bits per heavy atom. The highest BCUT2D eigenvalue weighted by molar-refractivity contribution is 5.82. The average Bonchev–Trinajstić information content (AvgIpc) is 2.52. The molecular formula is C16H24N2O7. The number of carbonyl (C=O) groups is 2. The lowest BCUT2D eigenvalue weighted by molar-refractivity contribution is -0.140. The molecule has 0 saturated heterocycles. The van der Waals surface area contributed by atoms with E-state index in [0.29, 0.717) is 6.42 Å². The summed E-state index contributed by atoms with van der Waals surface area (Å²) in [7, 11) is 1.39. The number of nitrogens with one attached hydrogen (secondary N) is 1. The second-order valence-electron chi connectivity index (χ2n) is 6.11. The molecule has 1 aromatic rings. The van der Waals surface area contributed by atoms with Gasteiger partial charge in [0.2, 0.25) is 5.91 Å². The quantitative estimate of drug-likeness (QED) is 0.483. The molecule has 0 fully saturated rings. The molecule has 5 N–H and O–H groups in total. The van der Waals surface area contributed by atoms with Gasteiger partial charge in [-0.3, -0.25) is 9.59 Å². The van der Waals surface area contributed by atoms with Crippen LogP contribution < -0.4 is 21.4 Å². The summed E-state index contributed by atoms with van der Waals surface area (Å²) in [6.45, 7) is 3.82. The van der Waals surface area contributed by atoms with Gasteiger partial charge in [-0.1, -0.05) is 13.8 Å². The number of aliphatic hydroxyl groups excluding tert-OH is 1. The van der Waals surface area contributed by atoms with E-state index >= 15 is 0 Å². The maximum absolute atomic E-state index is 12.1. The Balaban J connectivity index is 2.96. The third-order valence-corrected chi connectivity index (χ3v) is 3.46. The van der Waals surface area contributed by atoms with Gasteiger partial charge in [-0.2, -0.15) is 0 Å². The molecule has 1 rings (SSSR count). The highest BCUT2D eigenvalue weighted by atomic mass is 16.5. The highest BCUT2D eigenvalue weighted by Crippen LogP contribution is 2.23. The van der Waals surface area contributed by atoms with Gasteiger partial charge >= 0.3 is 11.6 Å². The fourth-order valence-electron chi connectivity index (χ4n) is 2.20. The number of carboxylic acid groups (broad SMARTS) is 1. The Hall–Kier alpha value is -2.39. The van der Waals surface area contributed by atoms with Gasteiger partial charge in [0.1, 0.15) is 23.7 Å². The van der Waals surface area contributed by atoms with E-state index in [2.05, 4.69) is 5.32 Å². The van der Waals surface area contributed by atoms with Crippen LogP contribution in [0.25, 0.3) is 0 Å². The monoisotopic (exact) mass is 356 g/mol. The number of methoxy groups -OCH3 is 1. The van der Waals surface area contributed by atoms with E-state index in [0.717, 1.165) is 0 Å². The molecule has 0 spiro atoms. The number of hydrogen-bond acceptors (Lipinski definition) is 7. The number of hydrogen-bond donors (Lipinski definition) is 4. The van der Waals surface area contributed by atoms with Crippen molar-refractivity contribution in [3.63, 3.8) is 0 Å². The number of aliphatic hydroxyl groups is 1. The van der Waals surface area contributed by atoms with Crippen LogP contribution in [-0.4, -0.2) is 41.3 Å². The first-order valence-electron chi connectivity index (χ1n) is 7.80. The second kappa shape index (κ2) is 9.19. The van der Waals surface area contributed by atoms with Crippen LogP contribution in [0.3, 0.4) is 0 Å². The van der Waals surface area contributed by atoms with Crippen molar-refractivity contribution in [3.8, 4) is 5.75 Å². The first-order chi connectivity index (χ1) is 11.6. The molecule has 1 amide bonds. The molecule has 1 aromatic heterocycles.